The van der Waals surface area contributed by atoms with Gasteiger partial charge in [-0.05, 0) is 66.3 Å². The van der Waals surface area contributed by atoms with Crippen molar-refractivity contribution in [2.24, 2.45) is 5.41 Å². The Morgan fingerprint density at radius 3 is 2.32 bits per heavy atom. The van der Waals surface area contributed by atoms with Crippen LogP contribution < -0.4 is 15.0 Å². The molecule has 44 heavy (non-hydrogen) atoms. The predicted molar refractivity (Wildman–Crippen MR) is 160 cm³/mol. The van der Waals surface area contributed by atoms with Crippen LogP contribution in [0.3, 0.4) is 0 Å². The molecule has 1 fully saturated rings. The molecule has 0 radical (unpaired) electrons. The number of nitrogens with zero attached hydrogens (tertiary/aromatic N) is 2. The topological polar surface area (TPSA) is 174 Å². The lowest BCUT2D eigenvalue weighted by Crippen LogP contribution is -2.57. The molecule has 2 aliphatic heterocycles. The van der Waals surface area contributed by atoms with Crippen LogP contribution in [0.25, 0.3) is 6.08 Å². The second kappa shape index (κ2) is 12.3. The maximum atomic E-state index is 13.8. The summed E-state index contributed by atoms with van der Waals surface area (Å²) in [5.74, 6) is -5.09. The Morgan fingerprint density at radius 2 is 1.73 bits per heavy atom. The minimum Gasteiger partial charge on any atom is -0.478 e. The van der Waals surface area contributed by atoms with Crippen molar-refractivity contribution in [1.29, 1.82) is 0 Å². The molecular formula is C31H34ClN3O9. The molecule has 3 unspecified atom stereocenters. The van der Waals surface area contributed by atoms with E-state index in [1.54, 1.807) is 52.1 Å². The van der Waals surface area contributed by atoms with Crippen molar-refractivity contribution in [3.05, 3.63) is 64.7 Å². The molecule has 0 spiro atoms. The van der Waals surface area contributed by atoms with Gasteiger partial charge < -0.3 is 35.2 Å². The van der Waals surface area contributed by atoms with E-state index in [1.165, 1.54) is 40.2 Å². The van der Waals surface area contributed by atoms with E-state index in [4.69, 9.17) is 16.3 Å². The number of halogens is 1. The average Bonchev–Trinajstić information content (AvgIpc) is 3.57. The fourth-order valence-corrected chi connectivity index (χ4v) is 5.44. The molecular weight excluding hydrogens is 594 g/mol. The SMILES string of the molecule is CN(C(=O)C1CCCN1C(=O)C(NC(=O)/C=C/c1ccc2c(c1)C(O)C(C(=O)O)(C(=O)O)O2)C(C)(C)C)c1ccc(Cl)cc1. The number of hydrogen-bond acceptors (Lipinski definition) is 7. The summed E-state index contributed by atoms with van der Waals surface area (Å²) in [4.78, 5) is 66.6. The van der Waals surface area contributed by atoms with E-state index in [2.05, 4.69) is 5.32 Å². The largest absolute Gasteiger partial charge is 0.478 e. The van der Waals surface area contributed by atoms with Gasteiger partial charge in [-0.25, -0.2) is 9.59 Å². The molecule has 3 atom stereocenters. The van der Waals surface area contributed by atoms with Crippen LogP contribution in [0.4, 0.5) is 5.69 Å². The first-order valence-electron chi connectivity index (χ1n) is 13.9. The van der Waals surface area contributed by atoms with Gasteiger partial charge in [-0.3, -0.25) is 14.4 Å². The van der Waals surface area contributed by atoms with Crippen molar-refractivity contribution >= 4 is 53.0 Å². The molecule has 12 nitrogen and oxygen atoms in total. The van der Waals surface area contributed by atoms with Crippen molar-refractivity contribution in [2.45, 2.75) is 57.4 Å². The van der Waals surface area contributed by atoms with E-state index in [0.717, 1.165) is 0 Å². The number of fused-ring (bicyclic) bond motifs is 1. The molecule has 2 aliphatic rings. The second-order valence-corrected chi connectivity index (χ2v) is 12.3. The second-order valence-electron chi connectivity index (χ2n) is 11.9. The van der Waals surface area contributed by atoms with Crippen LogP contribution in [0.15, 0.2) is 48.5 Å². The van der Waals surface area contributed by atoms with Crippen molar-refractivity contribution in [2.75, 3.05) is 18.5 Å². The molecule has 1 saturated heterocycles. The number of carboxylic acids is 2. The Morgan fingerprint density at radius 1 is 1.09 bits per heavy atom. The maximum absolute atomic E-state index is 13.8. The summed E-state index contributed by atoms with van der Waals surface area (Å²) in [7, 11) is 1.63. The molecule has 4 N–H and O–H groups in total. The minimum atomic E-state index is -2.89. The molecule has 0 aliphatic carbocycles. The van der Waals surface area contributed by atoms with Crippen molar-refractivity contribution < 1.29 is 44.0 Å². The Labute approximate surface area is 258 Å². The summed E-state index contributed by atoms with van der Waals surface area (Å²) in [5.41, 5.74) is -2.69. The van der Waals surface area contributed by atoms with E-state index in [9.17, 15) is 39.3 Å². The van der Waals surface area contributed by atoms with E-state index in [-0.39, 0.29) is 17.2 Å². The number of nitrogens with one attached hydrogen (secondary N) is 1. The molecule has 3 amide bonds. The smallest absolute Gasteiger partial charge is 0.363 e. The number of amides is 3. The first-order chi connectivity index (χ1) is 20.6. The summed E-state index contributed by atoms with van der Waals surface area (Å²) in [6, 6.07) is 9.19. The fourth-order valence-electron chi connectivity index (χ4n) is 5.32. The number of carboxylic acid groups (broad SMARTS) is 2. The summed E-state index contributed by atoms with van der Waals surface area (Å²) < 4.78 is 5.12. The number of anilines is 1. The molecule has 0 bridgehead atoms. The van der Waals surface area contributed by atoms with Gasteiger partial charge in [0.15, 0.2) is 0 Å². The van der Waals surface area contributed by atoms with Crippen molar-refractivity contribution in [3.63, 3.8) is 0 Å². The van der Waals surface area contributed by atoms with Crippen LogP contribution in [-0.4, -0.2) is 81.2 Å². The first kappa shape index (κ1) is 32.5. The predicted octanol–water partition coefficient (Wildman–Crippen LogP) is 2.87. The zero-order chi connectivity index (χ0) is 32.6. The van der Waals surface area contributed by atoms with Gasteiger partial charge in [-0.2, -0.15) is 0 Å². The van der Waals surface area contributed by atoms with Gasteiger partial charge in [0.25, 0.3) is 0 Å². The number of aliphatic hydroxyl groups is 1. The molecule has 4 rings (SSSR count). The number of hydrogen-bond donors (Lipinski definition) is 4. The average molecular weight is 628 g/mol. The highest BCUT2D eigenvalue weighted by atomic mass is 35.5. The Balaban J connectivity index is 1.49. The summed E-state index contributed by atoms with van der Waals surface area (Å²) in [6.07, 6.45) is 1.65. The van der Waals surface area contributed by atoms with Crippen LogP contribution in [0.5, 0.6) is 5.75 Å². The lowest BCUT2D eigenvalue weighted by molar-refractivity contribution is -0.180. The van der Waals surface area contributed by atoms with E-state index in [0.29, 0.717) is 35.7 Å². The van der Waals surface area contributed by atoms with Gasteiger partial charge in [0.05, 0.1) is 0 Å². The zero-order valence-corrected chi connectivity index (χ0v) is 25.4. The fraction of sp³-hybridized carbons (Fsp3) is 0.387. The zero-order valence-electron chi connectivity index (χ0n) is 24.6. The third-order valence-corrected chi connectivity index (χ3v) is 8.06. The number of ether oxygens (including phenoxy) is 1. The van der Waals surface area contributed by atoms with E-state index < -0.39 is 53.0 Å². The standard InChI is InChI=1S/C31H34ClN3O9/c1-30(2,3)24(27(39)35-15-5-6-21(35)26(38)34(4)19-11-9-18(32)10-12-19)33-23(36)14-8-17-7-13-22-20(16-17)25(37)31(44-22,28(40)41)29(42)43/h7-14,16,21,24-25,37H,5-6,15H2,1-4H3,(H,33,36)(H,40,41)(H,42,43)/b14-8+. The number of carbonyl (C=O) groups is 5. The molecule has 0 saturated carbocycles. The summed E-state index contributed by atoms with van der Waals surface area (Å²) in [6.45, 7) is 5.75. The number of carbonyl (C=O) groups excluding carboxylic acids is 3. The third kappa shape index (κ3) is 6.13. The number of aliphatic hydroxyl groups excluding tert-OH is 1. The quantitative estimate of drug-likeness (QED) is 0.253. The summed E-state index contributed by atoms with van der Waals surface area (Å²) >= 11 is 5.97. The lowest BCUT2D eigenvalue weighted by atomic mass is 9.85. The maximum Gasteiger partial charge on any atom is 0.363 e. The summed E-state index contributed by atoms with van der Waals surface area (Å²) in [5, 5.41) is 32.7. The highest BCUT2D eigenvalue weighted by Crippen LogP contribution is 2.44. The molecule has 2 heterocycles. The number of likely N-dealkylation sites (N-methyl/N-ethyl adjacent to an activating group) is 1. The molecule has 2 aromatic carbocycles. The highest BCUT2D eigenvalue weighted by molar-refractivity contribution is 6.30. The monoisotopic (exact) mass is 627 g/mol. The van der Waals surface area contributed by atoms with Gasteiger partial charge in [0, 0.05) is 35.9 Å². The van der Waals surface area contributed by atoms with Gasteiger partial charge in [0.2, 0.25) is 17.7 Å². The number of aliphatic carboxylic acids is 2. The number of likely N-dealkylation sites (tertiary alicyclic amines) is 1. The molecule has 2 aromatic rings. The van der Waals surface area contributed by atoms with Crippen molar-refractivity contribution in [3.8, 4) is 5.75 Å². The van der Waals surface area contributed by atoms with Crippen molar-refractivity contribution in [1.82, 2.24) is 10.2 Å². The van der Waals surface area contributed by atoms with Gasteiger partial charge in [0.1, 0.15) is 23.9 Å². The molecule has 13 heteroatoms. The Kier molecular flexibility index (Phi) is 9.08. The van der Waals surface area contributed by atoms with E-state index in [1.807, 2.05) is 0 Å². The van der Waals surface area contributed by atoms with Crippen LogP contribution >= 0.6 is 11.6 Å². The van der Waals surface area contributed by atoms with Gasteiger partial charge in [-0.1, -0.05) is 38.4 Å². The Hall–Kier alpha value is -4.42. The van der Waals surface area contributed by atoms with Crippen LogP contribution in [0.2, 0.25) is 5.02 Å². The highest BCUT2D eigenvalue weighted by Gasteiger charge is 2.61. The van der Waals surface area contributed by atoms with Crippen LogP contribution in [0.1, 0.15) is 50.8 Å². The first-order valence-corrected chi connectivity index (χ1v) is 14.3. The number of benzene rings is 2. The Bertz CT molecular complexity index is 1500. The molecule has 0 aromatic heterocycles. The number of rotatable bonds is 8. The molecule has 234 valence electrons. The van der Waals surface area contributed by atoms with Gasteiger partial charge in [-0.15, -0.1) is 0 Å². The normalized spacial score (nSPS) is 19.6. The minimum absolute atomic E-state index is 0.0617. The third-order valence-electron chi connectivity index (χ3n) is 7.81. The lowest BCUT2D eigenvalue weighted by Gasteiger charge is -2.36. The van der Waals surface area contributed by atoms with Gasteiger partial charge >= 0.3 is 17.5 Å². The van der Waals surface area contributed by atoms with Crippen LogP contribution in [-0.2, 0) is 24.0 Å². The van der Waals surface area contributed by atoms with E-state index >= 15 is 0 Å². The van der Waals surface area contributed by atoms with Crippen LogP contribution in [0, 0.1) is 5.41 Å².